The summed E-state index contributed by atoms with van der Waals surface area (Å²) in [5, 5.41) is 6.15. The quantitative estimate of drug-likeness (QED) is 0.852. The third-order valence-corrected chi connectivity index (χ3v) is 5.96. The Labute approximate surface area is 145 Å². The molecule has 0 N–H and O–H groups in total. The van der Waals surface area contributed by atoms with Gasteiger partial charge in [-0.05, 0) is 43.7 Å². The van der Waals surface area contributed by atoms with Crippen molar-refractivity contribution in [3.63, 3.8) is 0 Å². The van der Waals surface area contributed by atoms with Crippen LogP contribution < -0.4 is 0 Å². The maximum atomic E-state index is 12.9. The molecule has 0 aliphatic carbocycles. The van der Waals surface area contributed by atoms with Crippen LogP contribution in [0.25, 0.3) is 0 Å². The van der Waals surface area contributed by atoms with Crippen molar-refractivity contribution < 1.29 is 9.32 Å². The Bertz CT molecular complexity index is 699. The topological polar surface area (TPSA) is 62.5 Å². The molecule has 4 heterocycles. The van der Waals surface area contributed by atoms with Crippen molar-refractivity contribution in [1.29, 1.82) is 0 Å². The van der Waals surface area contributed by atoms with Gasteiger partial charge in [-0.15, -0.1) is 11.3 Å². The van der Waals surface area contributed by atoms with Gasteiger partial charge < -0.3 is 9.42 Å². The lowest BCUT2D eigenvalue weighted by Gasteiger charge is -2.28. The molecule has 0 unspecified atom stereocenters. The minimum Gasteiger partial charge on any atom is -0.340 e. The second-order valence-electron chi connectivity index (χ2n) is 6.56. The molecule has 2 fully saturated rings. The normalized spacial score (nSPS) is 24.8. The molecule has 0 aromatic carbocycles. The van der Waals surface area contributed by atoms with Crippen LogP contribution in [0.1, 0.15) is 54.4 Å². The number of hydrogen-bond acceptors (Lipinski definition) is 6. The summed E-state index contributed by atoms with van der Waals surface area (Å²) >= 11 is 1.74. The first-order chi connectivity index (χ1) is 11.7. The van der Waals surface area contributed by atoms with E-state index in [4.69, 9.17) is 4.52 Å². The molecule has 0 radical (unpaired) electrons. The Balaban J connectivity index is 1.45. The van der Waals surface area contributed by atoms with Gasteiger partial charge in [0.05, 0.1) is 18.6 Å². The Morgan fingerprint density at radius 2 is 2.17 bits per heavy atom. The first-order valence-corrected chi connectivity index (χ1v) is 9.47. The molecule has 4 rings (SSSR count). The highest BCUT2D eigenvalue weighted by atomic mass is 32.1. The molecule has 2 atom stereocenters. The molecule has 1 amide bonds. The largest absolute Gasteiger partial charge is 0.340 e. The van der Waals surface area contributed by atoms with Crippen molar-refractivity contribution >= 4 is 17.2 Å². The standard InChI is InChI=1S/C17H22N4O2S/c1-12-18-17(19-23-12)14-6-2-8-20(14)11-16(22)21-9-3-5-13(21)15-7-4-10-24-15/h4,7,10,13-14H,2-3,5-6,8-9,11H2,1H3/t13-,14-/m1/s1. The van der Waals surface area contributed by atoms with Gasteiger partial charge in [0.2, 0.25) is 11.8 Å². The number of amides is 1. The summed E-state index contributed by atoms with van der Waals surface area (Å²) in [6.45, 7) is 4.03. The van der Waals surface area contributed by atoms with Crippen LogP contribution >= 0.6 is 11.3 Å². The highest BCUT2D eigenvalue weighted by Gasteiger charge is 2.35. The Kier molecular flexibility index (Phi) is 4.37. The highest BCUT2D eigenvalue weighted by Crippen LogP contribution is 2.35. The summed E-state index contributed by atoms with van der Waals surface area (Å²) in [6.07, 6.45) is 4.21. The lowest BCUT2D eigenvalue weighted by molar-refractivity contribution is -0.133. The monoisotopic (exact) mass is 346 g/mol. The molecule has 24 heavy (non-hydrogen) atoms. The summed E-state index contributed by atoms with van der Waals surface area (Å²) < 4.78 is 5.11. The van der Waals surface area contributed by atoms with Crippen LogP contribution in [0.2, 0.25) is 0 Å². The van der Waals surface area contributed by atoms with Gasteiger partial charge in [0.1, 0.15) is 0 Å². The molecule has 2 aliphatic rings. The Morgan fingerprint density at radius 3 is 2.92 bits per heavy atom. The van der Waals surface area contributed by atoms with Gasteiger partial charge in [-0.2, -0.15) is 4.98 Å². The maximum Gasteiger partial charge on any atom is 0.237 e. The average molecular weight is 346 g/mol. The van der Waals surface area contributed by atoms with Crippen LogP contribution in [-0.2, 0) is 4.79 Å². The van der Waals surface area contributed by atoms with E-state index < -0.39 is 0 Å². The third-order valence-electron chi connectivity index (χ3n) is 4.99. The predicted molar refractivity (Wildman–Crippen MR) is 90.6 cm³/mol. The molecule has 2 aromatic heterocycles. The predicted octanol–water partition coefficient (Wildman–Crippen LogP) is 2.94. The van der Waals surface area contributed by atoms with Crippen LogP contribution in [0.3, 0.4) is 0 Å². The second kappa shape index (κ2) is 6.64. The van der Waals surface area contributed by atoms with Gasteiger partial charge in [0.25, 0.3) is 0 Å². The van der Waals surface area contributed by atoms with E-state index in [-0.39, 0.29) is 18.0 Å². The molecule has 2 saturated heterocycles. The fourth-order valence-corrected chi connectivity index (χ4v) is 4.74. The number of hydrogen-bond donors (Lipinski definition) is 0. The minimum absolute atomic E-state index is 0.106. The Hall–Kier alpha value is -1.73. The number of thiophene rings is 1. The van der Waals surface area contributed by atoms with Gasteiger partial charge in [-0.25, -0.2) is 0 Å². The third kappa shape index (κ3) is 2.98. The molecular formula is C17H22N4O2S. The van der Waals surface area contributed by atoms with Crippen LogP contribution in [0.15, 0.2) is 22.0 Å². The molecule has 6 nitrogen and oxygen atoms in total. The van der Waals surface area contributed by atoms with E-state index in [1.54, 1.807) is 18.3 Å². The number of aromatic nitrogens is 2. The first kappa shape index (κ1) is 15.8. The zero-order valence-electron chi connectivity index (χ0n) is 13.9. The van der Waals surface area contributed by atoms with Crippen molar-refractivity contribution in [2.75, 3.05) is 19.6 Å². The molecule has 0 saturated carbocycles. The molecule has 7 heteroatoms. The molecule has 0 spiro atoms. The van der Waals surface area contributed by atoms with E-state index in [0.717, 1.165) is 38.8 Å². The highest BCUT2D eigenvalue weighted by molar-refractivity contribution is 7.10. The van der Waals surface area contributed by atoms with Crippen molar-refractivity contribution in [2.45, 2.75) is 44.7 Å². The van der Waals surface area contributed by atoms with E-state index >= 15 is 0 Å². The summed E-state index contributed by atoms with van der Waals surface area (Å²) in [6, 6.07) is 4.57. The van der Waals surface area contributed by atoms with Crippen LogP contribution in [-0.4, -0.2) is 45.5 Å². The number of likely N-dealkylation sites (tertiary alicyclic amines) is 2. The lowest BCUT2D eigenvalue weighted by Crippen LogP contribution is -2.39. The zero-order chi connectivity index (χ0) is 16.5. The first-order valence-electron chi connectivity index (χ1n) is 8.59. The molecule has 128 valence electrons. The molecule has 2 aliphatic heterocycles. The van der Waals surface area contributed by atoms with Crippen molar-refractivity contribution in [3.05, 3.63) is 34.1 Å². The number of rotatable bonds is 4. The zero-order valence-corrected chi connectivity index (χ0v) is 14.7. The maximum absolute atomic E-state index is 12.9. The van der Waals surface area contributed by atoms with Gasteiger partial charge in [-0.3, -0.25) is 9.69 Å². The van der Waals surface area contributed by atoms with E-state index in [9.17, 15) is 4.79 Å². The number of carbonyl (C=O) groups is 1. The van der Waals surface area contributed by atoms with Crippen molar-refractivity contribution in [2.24, 2.45) is 0 Å². The Morgan fingerprint density at radius 1 is 1.33 bits per heavy atom. The van der Waals surface area contributed by atoms with Gasteiger partial charge >= 0.3 is 0 Å². The van der Waals surface area contributed by atoms with Gasteiger partial charge in [0, 0.05) is 18.3 Å². The average Bonchev–Trinajstić information content (AvgIpc) is 3.34. The molecular weight excluding hydrogens is 324 g/mol. The number of carbonyl (C=O) groups excluding carboxylic acids is 1. The summed E-state index contributed by atoms with van der Waals surface area (Å²) in [4.78, 5) is 22.8. The second-order valence-corrected chi connectivity index (χ2v) is 7.54. The lowest BCUT2D eigenvalue weighted by atomic mass is 10.2. The van der Waals surface area contributed by atoms with Crippen LogP contribution in [0, 0.1) is 6.92 Å². The van der Waals surface area contributed by atoms with Gasteiger partial charge in [0.15, 0.2) is 5.82 Å². The number of nitrogens with zero attached hydrogens (tertiary/aromatic N) is 4. The van der Waals surface area contributed by atoms with Crippen LogP contribution in [0.5, 0.6) is 0 Å². The summed E-state index contributed by atoms with van der Waals surface area (Å²) in [5.74, 6) is 1.52. The molecule has 2 aromatic rings. The van der Waals surface area contributed by atoms with Gasteiger partial charge in [-0.1, -0.05) is 11.2 Å². The fourth-order valence-electron chi connectivity index (χ4n) is 3.86. The number of aryl methyl sites for hydroxylation is 1. The van der Waals surface area contributed by atoms with E-state index in [1.165, 1.54) is 4.88 Å². The van der Waals surface area contributed by atoms with E-state index in [1.807, 2.05) is 0 Å². The SMILES string of the molecule is Cc1nc([C@H]2CCCN2CC(=O)N2CCC[C@@H]2c2cccs2)no1. The summed E-state index contributed by atoms with van der Waals surface area (Å²) in [5.41, 5.74) is 0. The summed E-state index contributed by atoms with van der Waals surface area (Å²) in [7, 11) is 0. The van der Waals surface area contributed by atoms with Crippen molar-refractivity contribution in [3.8, 4) is 0 Å². The van der Waals surface area contributed by atoms with E-state index in [0.29, 0.717) is 18.3 Å². The van der Waals surface area contributed by atoms with Crippen molar-refractivity contribution in [1.82, 2.24) is 19.9 Å². The van der Waals surface area contributed by atoms with Crippen LogP contribution in [0.4, 0.5) is 0 Å². The molecule has 0 bridgehead atoms. The van der Waals surface area contributed by atoms with E-state index in [2.05, 4.69) is 37.5 Å². The smallest absolute Gasteiger partial charge is 0.237 e. The fraction of sp³-hybridized carbons (Fsp3) is 0.588. The minimum atomic E-state index is 0.106.